The monoisotopic (exact) mass is 350 g/mol. The van der Waals surface area contributed by atoms with Gasteiger partial charge in [0.2, 0.25) is 11.8 Å². The Bertz CT molecular complexity index is 611. The molecule has 1 aromatic rings. The second kappa shape index (κ2) is 7.99. The van der Waals surface area contributed by atoms with Crippen LogP contribution in [0.4, 0.5) is 0 Å². The number of rotatable bonds is 7. The van der Waals surface area contributed by atoms with E-state index in [4.69, 9.17) is 4.74 Å². The molecule has 1 fully saturated rings. The highest BCUT2D eigenvalue weighted by atomic mass is 16.5. The van der Waals surface area contributed by atoms with E-state index in [1.54, 1.807) is 22.8 Å². The molecule has 2 heterocycles. The Balaban J connectivity index is 2.01. The van der Waals surface area contributed by atoms with Crippen LogP contribution in [0.5, 0.6) is 0 Å². The number of hydrogen-bond acceptors (Lipinski definition) is 4. The van der Waals surface area contributed by atoms with Crippen LogP contribution in [0.25, 0.3) is 0 Å². The highest BCUT2D eigenvalue weighted by molar-refractivity contribution is 5.84. The average molecular weight is 350 g/mol. The standard InChI is InChI=1S/C18H30N4O3/c1-6-18(2,3)25-12-11-19-17(24)13-7-8-15(23)21(4)16(13)14-9-10-20-22(14)5/h9-10,13,16H,6-8,11-12H2,1-5H3,(H,19,24)/t13-,16-/m0/s1. The fourth-order valence-corrected chi connectivity index (χ4v) is 3.13. The summed E-state index contributed by atoms with van der Waals surface area (Å²) >= 11 is 0. The number of aryl methyl sites for hydroxylation is 1. The number of piperidine rings is 1. The summed E-state index contributed by atoms with van der Waals surface area (Å²) in [7, 11) is 3.59. The fraction of sp³-hybridized carbons (Fsp3) is 0.722. The topological polar surface area (TPSA) is 76.5 Å². The Hall–Kier alpha value is -1.89. The summed E-state index contributed by atoms with van der Waals surface area (Å²) in [5.74, 6) is -0.260. The molecule has 140 valence electrons. The van der Waals surface area contributed by atoms with Gasteiger partial charge in [-0.05, 0) is 32.8 Å². The van der Waals surface area contributed by atoms with Crippen LogP contribution in [-0.2, 0) is 21.4 Å². The van der Waals surface area contributed by atoms with Gasteiger partial charge in [0.25, 0.3) is 0 Å². The first-order valence-electron chi connectivity index (χ1n) is 8.92. The second-order valence-corrected chi connectivity index (χ2v) is 7.23. The average Bonchev–Trinajstić information content (AvgIpc) is 2.99. The van der Waals surface area contributed by atoms with Gasteiger partial charge >= 0.3 is 0 Å². The normalized spacial score (nSPS) is 21.5. The van der Waals surface area contributed by atoms with Crippen LogP contribution in [0.2, 0.25) is 0 Å². The predicted molar refractivity (Wildman–Crippen MR) is 94.8 cm³/mol. The van der Waals surface area contributed by atoms with Crippen LogP contribution in [0, 0.1) is 5.92 Å². The van der Waals surface area contributed by atoms with Crippen molar-refractivity contribution in [3.8, 4) is 0 Å². The lowest BCUT2D eigenvalue weighted by molar-refractivity contribution is -0.142. The van der Waals surface area contributed by atoms with E-state index in [0.29, 0.717) is 26.0 Å². The molecule has 2 rings (SSSR count). The lowest BCUT2D eigenvalue weighted by atomic mass is 9.86. The van der Waals surface area contributed by atoms with Crippen LogP contribution in [-0.4, -0.2) is 52.3 Å². The molecule has 7 heteroatoms. The van der Waals surface area contributed by atoms with Gasteiger partial charge in [0.1, 0.15) is 0 Å². The zero-order chi connectivity index (χ0) is 18.6. The SMILES string of the molecule is CCC(C)(C)OCCNC(=O)[C@H]1CCC(=O)N(C)[C@@H]1c1ccnn1C. The molecule has 1 N–H and O–H groups in total. The molecular weight excluding hydrogens is 320 g/mol. The number of likely N-dealkylation sites (tertiary alicyclic amines) is 1. The summed E-state index contributed by atoms with van der Waals surface area (Å²) < 4.78 is 7.51. The zero-order valence-corrected chi connectivity index (χ0v) is 15.9. The largest absolute Gasteiger partial charge is 0.374 e. The number of nitrogens with one attached hydrogen (secondary N) is 1. The molecule has 7 nitrogen and oxygen atoms in total. The molecular formula is C18H30N4O3. The first-order chi connectivity index (χ1) is 11.8. The van der Waals surface area contributed by atoms with Crippen LogP contribution >= 0.6 is 0 Å². The summed E-state index contributed by atoms with van der Waals surface area (Å²) in [6, 6.07) is 1.58. The van der Waals surface area contributed by atoms with Crippen LogP contribution in [0.3, 0.4) is 0 Å². The summed E-state index contributed by atoms with van der Waals surface area (Å²) in [4.78, 5) is 26.5. The predicted octanol–water partition coefficient (Wildman–Crippen LogP) is 1.65. The third kappa shape index (κ3) is 4.60. The van der Waals surface area contributed by atoms with E-state index >= 15 is 0 Å². The molecule has 0 radical (unpaired) electrons. The first kappa shape index (κ1) is 19.4. The summed E-state index contributed by atoms with van der Waals surface area (Å²) in [6.07, 6.45) is 3.55. The Morgan fingerprint density at radius 3 is 2.76 bits per heavy atom. The van der Waals surface area contributed by atoms with E-state index in [9.17, 15) is 9.59 Å². The van der Waals surface area contributed by atoms with Crippen LogP contribution in [0.15, 0.2) is 12.3 Å². The third-order valence-corrected chi connectivity index (χ3v) is 5.11. The van der Waals surface area contributed by atoms with Crippen molar-refractivity contribution in [1.82, 2.24) is 20.0 Å². The molecule has 1 aliphatic rings. The molecule has 0 aliphatic carbocycles. The van der Waals surface area contributed by atoms with E-state index in [1.165, 1.54) is 0 Å². The lowest BCUT2D eigenvalue weighted by Gasteiger charge is -2.38. The maximum absolute atomic E-state index is 12.7. The molecule has 25 heavy (non-hydrogen) atoms. The summed E-state index contributed by atoms with van der Waals surface area (Å²) in [5.41, 5.74) is 0.693. The van der Waals surface area contributed by atoms with E-state index in [2.05, 4.69) is 17.3 Å². The molecule has 1 aliphatic heterocycles. The molecule has 1 saturated heterocycles. The van der Waals surface area contributed by atoms with Gasteiger partial charge in [-0.2, -0.15) is 5.10 Å². The number of ether oxygens (including phenoxy) is 1. The molecule has 0 saturated carbocycles. The number of amides is 2. The van der Waals surface area contributed by atoms with Gasteiger partial charge in [0.05, 0.1) is 29.9 Å². The van der Waals surface area contributed by atoms with E-state index < -0.39 is 0 Å². The Kier molecular flexibility index (Phi) is 6.21. The number of aromatic nitrogens is 2. The van der Waals surface area contributed by atoms with E-state index in [1.807, 2.05) is 27.0 Å². The van der Waals surface area contributed by atoms with Gasteiger partial charge in [0.15, 0.2) is 0 Å². The maximum Gasteiger partial charge on any atom is 0.225 e. The van der Waals surface area contributed by atoms with Crippen molar-refractivity contribution in [3.05, 3.63) is 18.0 Å². The fourth-order valence-electron chi connectivity index (χ4n) is 3.13. The van der Waals surface area contributed by atoms with Crippen LogP contribution in [0.1, 0.15) is 51.8 Å². The van der Waals surface area contributed by atoms with Crippen molar-refractivity contribution in [2.24, 2.45) is 13.0 Å². The highest BCUT2D eigenvalue weighted by Gasteiger charge is 2.40. The number of hydrogen-bond donors (Lipinski definition) is 1. The number of carbonyl (C=O) groups is 2. The molecule has 0 spiro atoms. The lowest BCUT2D eigenvalue weighted by Crippen LogP contribution is -2.47. The molecule has 0 bridgehead atoms. The van der Waals surface area contributed by atoms with E-state index in [-0.39, 0.29) is 29.4 Å². The van der Waals surface area contributed by atoms with Crippen LogP contribution < -0.4 is 5.32 Å². The molecule has 2 amide bonds. The number of carbonyl (C=O) groups excluding carboxylic acids is 2. The molecule has 2 atom stereocenters. The Morgan fingerprint density at radius 1 is 1.44 bits per heavy atom. The van der Waals surface area contributed by atoms with Gasteiger partial charge in [-0.1, -0.05) is 6.92 Å². The molecule has 1 aromatic heterocycles. The van der Waals surface area contributed by atoms with Gasteiger partial charge in [0, 0.05) is 33.3 Å². The minimum atomic E-state index is -0.290. The Labute approximate surface area is 149 Å². The van der Waals surface area contributed by atoms with Gasteiger partial charge in [-0.15, -0.1) is 0 Å². The first-order valence-corrected chi connectivity index (χ1v) is 8.92. The third-order valence-electron chi connectivity index (χ3n) is 5.11. The van der Waals surface area contributed by atoms with Crippen molar-refractivity contribution in [2.75, 3.05) is 20.2 Å². The zero-order valence-electron chi connectivity index (χ0n) is 15.9. The quantitative estimate of drug-likeness (QED) is 0.759. The minimum absolute atomic E-state index is 0.0385. The van der Waals surface area contributed by atoms with Gasteiger partial charge in [-0.3, -0.25) is 14.3 Å². The van der Waals surface area contributed by atoms with E-state index in [0.717, 1.165) is 12.1 Å². The van der Waals surface area contributed by atoms with Crippen molar-refractivity contribution in [2.45, 2.75) is 51.7 Å². The smallest absolute Gasteiger partial charge is 0.225 e. The Morgan fingerprint density at radius 2 is 2.16 bits per heavy atom. The van der Waals surface area contributed by atoms with Crippen molar-refractivity contribution >= 4 is 11.8 Å². The van der Waals surface area contributed by atoms with Gasteiger partial charge in [-0.25, -0.2) is 0 Å². The van der Waals surface area contributed by atoms with Crippen molar-refractivity contribution < 1.29 is 14.3 Å². The van der Waals surface area contributed by atoms with Crippen molar-refractivity contribution in [1.29, 1.82) is 0 Å². The summed E-state index contributed by atoms with van der Waals surface area (Å²) in [6.45, 7) is 7.09. The van der Waals surface area contributed by atoms with Crippen molar-refractivity contribution in [3.63, 3.8) is 0 Å². The maximum atomic E-state index is 12.7. The summed E-state index contributed by atoms with van der Waals surface area (Å²) in [5, 5.41) is 7.15. The minimum Gasteiger partial charge on any atom is -0.374 e. The number of nitrogens with zero attached hydrogens (tertiary/aromatic N) is 3. The highest BCUT2D eigenvalue weighted by Crippen LogP contribution is 2.35. The van der Waals surface area contributed by atoms with Gasteiger partial charge < -0.3 is 15.0 Å². The second-order valence-electron chi connectivity index (χ2n) is 7.23. The molecule has 0 unspecified atom stereocenters. The molecule has 0 aromatic carbocycles.